The van der Waals surface area contributed by atoms with E-state index in [1.807, 2.05) is 0 Å². The van der Waals surface area contributed by atoms with Crippen LogP contribution >= 0.6 is 15.9 Å². The maximum absolute atomic E-state index is 11.2. The molecule has 1 aromatic rings. The van der Waals surface area contributed by atoms with Gasteiger partial charge in [0, 0.05) is 9.89 Å². The van der Waals surface area contributed by atoms with E-state index in [4.69, 9.17) is 5.73 Å². The molecule has 0 saturated heterocycles. The fourth-order valence-electron chi connectivity index (χ4n) is 4.36. The van der Waals surface area contributed by atoms with Gasteiger partial charge >= 0.3 is 0 Å². The Morgan fingerprint density at radius 1 is 1.21 bits per heavy atom. The Bertz CT molecular complexity index is 486. The van der Waals surface area contributed by atoms with E-state index in [0.717, 1.165) is 43.0 Å². The summed E-state index contributed by atoms with van der Waals surface area (Å²) in [6.07, 6.45) is 7.13. The van der Waals surface area contributed by atoms with E-state index in [-0.39, 0.29) is 5.41 Å². The van der Waals surface area contributed by atoms with Gasteiger partial charge in [0.2, 0.25) is 0 Å². The maximum atomic E-state index is 11.2. The summed E-state index contributed by atoms with van der Waals surface area (Å²) in [7, 11) is 0. The van der Waals surface area contributed by atoms with E-state index in [9.17, 15) is 5.11 Å². The van der Waals surface area contributed by atoms with Crippen LogP contribution in [0.2, 0.25) is 0 Å². The van der Waals surface area contributed by atoms with Gasteiger partial charge in [0.05, 0.1) is 5.60 Å². The molecule has 2 aliphatic carbocycles. The lowest BCUT2D eigenvalue weighted by Gasteiger charge is -2.54. The minimum absolute atomic E-state index is 0.114. The number of rotatable bonds is 2. The fraction of sp³-hybridized carbons (Fsp3) is 0.625. The van der Waals surface area contributed by atoms with Gasteiger partial charge in [-0.3, -0.25) is 0 Å². The van der Waals surface area contributed by atoms with E-state index in [1.165, 1.54) is 17.5 Å². The van der Waals surface area contributed by atoms with Crippen molar-refractivity contribution >= 4 is 15.9 Å². The summed E-state index contributed by atoms with van der Waals surface area (Å²) >= 11 is 3.59. The Kier molecular flexibility index (Phi) is 3.48. The third kappa shape index (κ3) is 1.98. The highest BCUT2D eigenvalue weighted by atomic mass is 79.9. The van der Waals surface area contributed by atoms with Crippen molar-refractivity contribution in [2.75, 3.05) is 6.54 Å². The molecule has 104 valence electrons. The number of fused-ring (bicyclic) bond motifs is 3. The number of nitrogens with two attached hydrogens (primary N) is 1. The number of halogens is 1. The van der Waals surface area contributed by atoms with Gasteiger partial charge in [-0.05, 0) is 61.9 Å². The molecular formula is C16H22BrNO. The molecule has 0 amide bonds. The Morgan fingerprint density at radius 3 is 2.79 bits per heavy atom. The van der Waals surface area contributed by atoms with Crippen LogP contribution in [0.5, 0.6) is 0 Å². The molecule has 19 heavy (non-hydrogen) atoms. The van der Waals surface area contributed by atoms with Crippen LogP contribution in [0.1, 0.15) is 49.7 Å². The van der Waals surface area contributed by atoms with Gasteiger partial charge in [0.1, 0.15) is 0 Å². The summed E-state index contributed by atoms with van der Waals surface area (Å²) in [5.41, 5.74) is 7.99. The number of hydrogen-bond acceptors (Lipinski definition) is 2. The molecule has 3 N–H and O–H groups in total. The second-order valence-corrected chi connectivity index (χ2v) is 7.08. The molecule has 1 saturated carbocycles. The van der Waals surface area contributed by atoms with E-state index >= 15 is 0 Å². The SMILES string of the molecule is NCC[C@@]12CCCC[C@]1(O)CCc1ccc(Br)cc12. The van der Waals surface area contributed by atoms with Crippen LogP contribution in [0.25, 0.3) is 0 Å². The summed E-state index contributed by atoms with van der Waals surface area (Å²) in [6, 6.07) is 6.55. The van der Waals surface area contributed by atoms with Crippen molar-refractivity contribution in [3.8, 4) is 0 Å². The number of benzene rings is 1. The average molecular weight is 324 g/mol. The highest BCUT2D eigenvalue weighted by Gasteiger charge is 2.54. The second-order valence-electron chi connectivity index (χ2n) is 6.16. The Morgan fingerprint density at radius 2 is 2.00 bits per heavy atom. The van der Waals surface area contributed by atoms with Crippen molar-refractivity contribution < 1.29 is 5.11 Å². The Hall–Kier alpha value is -0.380. The third-order valence-electron chi connectivity index (χ3n) is 5.30. The van der Waals surface area contributed by atoms with E-state index in [1.54, 1.807) is 0 Å². The molecule has 0 heterocycles. The van der Waals surface area contributed by atoms with Crippen LogP contribution in [0.4, 0.5) is 0 Å². The van der Waals surface area contributed by atoms with Gasteiger partial charge in [-0.15, -0.1) is 0 Å². The molecule has 0 aliphatic heterocycles. The van der Waals surface area contributed by atoms with Crippen molar-refractivity contribution in [2.45, 2.75) is 56.0 Å². The third-order valence-corrected chi connectivity index (χ3v) is 5.79. The summed E-state index contributed by atoms with van der Waals surface area (Å²) in [5, 5.41) is 11.2. The first kappa shape index (κ1) is 13.6. The standard InChI is InChI=1S/C16H22BrNO/c17-13-4-3-12-5-8-16(19)7-2-1-6-15(16,9-10-18)14(12)11-13/h3-4,11,19H,1-2,5-10,18H2/t15-,16+/m1/s1. The highest BCUT2D eigenvalue weighted by molar-refractivity contribution is 9.10. The summed E-state index contributed by atoms with van der Waals surface area (Å²) in [4.78, 5) is 0. The molecular weight excluding hydrogens is 302 g/mol. The predicted molar refractivity (Wildman–Crippen MR) is 81.2 cm³/mol. The van der Waals surface area contributed by atoms with Crippen LogP contribution in [-0.4, -0.2) is 17.3 Å². The number of aliphatic hydroxyl groups is 1. The first-order chi connectivity index (χ1) is 9.11. The fourth-order valence-corrected chi connectivity index (χ4v) is 4.72. The molecule has 1 fully saturated rings. The minimum Gasteiger partial charge on any atom is -0.389 e. The molecule has 0 bridgehead atoms. The van der Waals surface area contributed by atoms with Crippen LogP contribution < -0.4 is 5.73 Å². The zero-order valence-electron chi connectivity index (χ0n) is 11.3. The molecule has 2 aliphatic rings. The lowest BCUT2D eigenvalue weighted by molar-refractivity contribution is -0.0862. The Balaban J connectivity index is 2.17. The predicted octanol–water partition coefficient (Wildman–Crippen LogP) is 3.29. The van der Waals surface area contributed by atoms with Gasteiger partial charge in [0.15, 0.2) is 0 Å². The lowest BCUT2D eigenvalue weighted by Crippen LogP contribution is -2.57. The molecule has 1 aromatic carbocycles. The van der Waals surface area contributed by atoms with Gasteiger partial charge in [0.25, 0.3) is 0 Å². The van der Waals surface area contributed by atoms with Crippen molar-refractivity contribution in [2.24, 2.45) is 5.73 Å². The molecule has 0 radical (unpaired) electrons. The highest BCUT2D eigenvalue weighted by Crippen LogP contribution is 2.54. The summed E-state index contributed by atoms with van der Waals surface area (Å²) in [5.74, 6) is 0. The molecule has 0 unspecified atom stereocenters. The maximum Gasteiger partial charge on any atom is 0.0747 e. The van der Waals surface area contributed by atoms with Gasteiger partial charge < -0.3 is 10.8 Å². The number of hydrogen-bond donors (Lipinski definition) is 2. The van der Waals surface area contributed by atoms with Crippen molar-refractivity contribution in [1.29, 1.82) is 0 Å². The van der Waals surface area contributed by atoms with Crippen LogP contribution in [0.3, 0.4) is 0 Å². The first-order valence-electron chi connectivity index (χ1n) is 7.33. The first-order valence-corrected chi connectivity index (χ1v) is 8.12. The van der Waals surface area contributed by atoms with E-state index < -0.39 is 5.60 Å². The Labute approximate surface area is 123 Å². The smallest absolute Gasteiger partial charge is 0.0747 e. The van der Waals surface area contributed by atoms with Gasteiger partial charge in [-0.25, -0.2) is 0 Å². The zero-order valence-corrected chi connectivity index (χ0v) is 12.9. The topological polar surface area (TPSA) is 46.2 Å². The molecule has 2 nitrogen and oxygen atoms in total. The van der Waals surface area contributed by atoms with Crippen molar-refractivity contribution in [3.63, 3.8) is 0 Å². The van der Waals surface area contributed by atoms with E-state index in [0.29, 0.717) is 6.54 Å². The van der Waals surface area contributed by atoms with Crippen LogP contribution in [0, 0.1) is 0 Å². The largest absolute Gasteiger partial charge is 0.389 e. The lowest BCUT2D eigenvalue weighted by atomic mass is 9.53. The molecule has 3 heteroatoms. The van der Waals surface area contributed by atoms with Gasteiger partial charge in [-0.1, -0.05) is 34.8 Å². The van der Waals surface area contributed by atoms with Crippen LogP contribution in [0.15, 0.2) is 22.7 Å². The quantitative estimate of drug-likeness (QED) is 0.877. The summed E-state index contributed by atoms with van der Waals surface area (Å²) in [6.45, 7) is 0.647. The van der Waals surface area contributed by atoms with Gasteiger partial charge in [-0.2, -0.15) is 0 Å². The molecule has 3 rings (SSSR count). The molecule has 0 spiro atoms. The summed E-state index contributed by atoms with van der Waals surface area (Å²) < 4.78 is 1.11. The second kappa shape index (κ2) is 4.87. The zero-order chi connectivity index (χ0) is 13.5. The van der Waals surface area contributed by atoms with Crippen LogP contribution in [-0.2, 0) is 11.8 Å². The average Bonchev–Trinajstić information content (AvgIpc) is 2.40. The molecule has 2 atom stereocenters. The monoisotopic (exact) mass is 323 g/mol. The van der Waals surface area contributed by atoms with Crippen molar-refractivity contribution in [1.82, 2.24) is 0 Å². The number of aryl methyl sites for hydroxylation is 1. The van der Waals surface area contributed by atoms with E-state index in [2.05, 4.69) is 34.1 Å². The normalized spacial score (nSPS) is 33.6. The minimum atomic E-state index is -0.543. The molecule has 0 aromatic heterocycles. The van der Waals surface area contributed by atoms with Crippen molar-refractivity contribution in [3.05, 3.63) is 33.8 Å².